The Morgan fingerprint density at radius 1 is 1.33 bits per heavy atom. The maximum Gasteiger partial charge on any atom is 0.342 e. The molecule has 0 aliphatic rings. The molecule has 1 aromatic carbocycles. The van der Waals surface area contributed by atoms with Gasteiger partial charge in [0.25, 0.3) is 0 Å². The van der Waals surface area contributed by atoms with Crippen LogP contribution in [0.3, 0.4) is 0 Å². The van der Waals surface area contributed by atoms with Crippen molar-refractivity contribution < 1.29 is 9.53 Å². The highest BCUT2D eigenvalue weighted by Gasteiger charge is 2.14. The zero-order valence-corrected chi connectivity index (χ0v) is 10.9. The SMILES string of the molecule is COC(=O)c1cnc(-c2cccc(Cl)c2)nc1Cl. The van der Waals surface area contributed by atoms with Gasteiger partial charge in [0.05, 0.1) is 7.11 Å². The molecule has 18 heavy (non-hydrogen) atoms. The van der Waals surface area contributed by atoms with Crippen LogP contribution in [0, 0.1) is 0 Å². The summed E-state index contributed by atoms with van der Waals surface area (Å²) in [5.41, 5.74) is 0.853. The van der Waals surface area contributed by atoms with Crippen molar-refractivity contribution in [3.05, 3.63) is 46.2 Å². The van der Waals surface area contributed by atoms with Gasteiger partial charge in [0.1, 0.15) is 10.7 Å². The second-order valence-electron chi connectivity index (χ2n) is 3.40. The van der Waals surface area contributed by atoms with Gasteiger partial charge < -0.3 is 4.74 Å². The summed E-state index contributed by atoms with van der Waals surface area (Å²) in [6, 6.07) is 7.04. The third-order valence-corrected chi connectivity index (χ3v) is 2.75. The van der Waals surface area contributed by atoms with Crippen molar-refractivity contribution in [3.63, 3.8) is 0 Å². The molecule has 0 fully saturated rings. The van der Waals surface area contributed by atoms with E-state index in [0.29, 0.717) is 10.8 Å². The summed E-state index contributed by atoms with van der Waals surface area (Å²) in [6.45, 7) is 0. The van der Waals surface area contributed by atoms with E-state index in [9.17, 15) is 4.79 Å². The fraction of sp³-hybridized carbons (Fsp3) is 0.0833. The molecule has 0 spiro atoms. The minimum atomic E-state index is -0.572. The van der Waals surface area contributed by atoms with Gasteiger partial charge in [-0.25, -0.2) is 14.8 Å². The third-order valence-electron chi connectivity index (χ3n) is 2.23. The lowest BCUT2D eigenvalue weighted by Crippen LogP contribution is -2.05. The Hall–Kier alpha value is -1.65. The van der Waals surface area contributed by atoms with Crippen molar-refractivity contribution in [2.24, 2.45) is 0 Å². The van der Waals surface area contributed by atoms with Gasteiger partial charge in [0.2, 0.25) is 0 Å². The Morgan fingerprint density at radius 3 is 2.72 bits per heavy atom. The summed E-state index contributed by atoms with van der Waals surface area (Å²) in [5.74, 6) is -0.173. The van der Waals surface area contributed by atoms with Crippen LogP contribution in [0.4, 0.5) is 0 Å². The Labute approximate surface area is 114 Å². The number of methoxy groups -OCH3 is 1. The average molecular weight is 283 g/mol. The van der Waals surface area contributed by atoms with Gasteiger partial charge in [-0.05, 0) is 12.1 Å². The number of nitrogens with zero attached hydrogens (tertiary/aromatic N) is 2. The molecule has 2 aromatic rings. The summed E-state index contributed by atoms with van der Waals surface area (Å²) in [5, 5.41) is 0.621. The molecular formula is C12H8Cl2N2O2. The number of carbonyl (C=O) groups is 1. The Morgan fingerprint density at radius 2 is 2.11 bits per heavy atom. The van der Waals surface area contributed by atoms with Gasteiger partial charge in [0.15, 0.2) is 5.82 Å². The zero-order chi connectivity index (χ0) is 13.1. The normalized spacial score (nSPS) is 10.2. The highest BCUT2D eigenvalue weighted by molar-refractivity contribution is 6.32. The Kier molecular flexibility index (Phi) is 3.79. The summed E-state index contributed by atoms with van der Waals surface area (Å²) < 4.78 is 4.56. The van der Waals surface area contributed by atoms with Crippen LogP contribution >= 0.6 is 23.2 Å². The largest absolute Gasteiger partial charge is 0.465 e. The maximum absolute atomic E-state index is 11.3. The molecule has 1 heterocycles. The number of ether oxygens (including phenoxy) is 1. The van der Waals surface area contributed by atoms with Crippen LogP contribution in [-0.2, 0) is 4.74 Å². The van der Waals surface area contributed by atoms with E-state index >= 15 is 0 Å². The first-order chi connectivity index (χ1) is 8.61. The molecule has 0 unspecified atom stereocenters. The Bertz CT molecular complexity index is 602. The van der Waals surface area contributed by atoms with Gasteiger partial charge in [0, 0.05) is 16.8 Å². The predicted octanol–water partition coefficient (Wildman–Crippen LogP) is 3.24. The maximum atomic E-state index is 11.3. The number of hydrogen-bond donors (Lipinski definition) is 0. The quantitative estimate of drug-likeness (QED) is 0.627. The first-order valence-corrected chi connectivity index (χ1v) is 5.74. The number of halogens is 2. The lowest BCUT2D eigenvalue weighted by molar-refractivity contribution is 0.0600. The lowest BCUT2D eigenvalue weighted by atomic mass is 10.2. The first kappa shape index (κ1) is 12.8. The molecular weight excluding hydrogens is 275 g/mol. The van der Waals surface area contributed by atoms with Crippen molar-refractivity contribution >= 4 is 29.2 Å². The molecule has 0 aliphatic heterocycles. The number of hydrogen-bond acceptors (Lipinski definition) is 4. The number of benzene rings is 1. The summed E-state index contributed by atoms with van der Waals surface area (Å²) >= 11 is 11.8. The number of rotatable bonds is 2. The van der Waals surface area contributed by atoms with Crippen LogP contribution in [0.1, 0.15) is 10.4 Å². The van der Waals surface area contributed by atoms with Crippen LogP contribution in [0.25, 0.3) is 11.4 Å². The third kappa shape index (κ3) is 2.60. The zero-order valence-electron chi connectivity index (χ0n) is 9.35. The summed E-state index contributed by atoms with van der Waals surface area (Å²) in [4.78, 5) is 19.4. The number of esters is 1. The van der Waals surface area contributed by atoms with Gasteiger partial charge in [-0.3, -0.25) is 0 Å². The molecule has 0 saturated heterocycles. The van der Waals surface area contributed by atoms with E-state index in [-0.39, 0.29) is 10.7 Å². The molecule has 0 radical (unpaired) electrons. The van der Waals surface area contributed by atoms with Crippen molar-refractivity contribution in [1.82, 2.24) is 9.97 Å². The molecule has 0 aliphatic carbocycles. The molecule has 92 valence electrons. The van der Waals surface area contributed by atoms with Crippen molar-refractivity contribution in [2.75, 3.05) is 7.11 Å². The molecule has 6 heteroatoms. The van der Waals surface area contributed by atoms with Crippen LogP contribution in [0.5, 0.6) is 0 Å². The lowest BCUT2D eigenvalue weighted by Gasteiger charge is -2.04. The van der Waals surface area contributed by atoms with E-state index in [2.05, 4.69) is 14.7 Å². The minimum Gasteiger partial charge on any atom is -0.465 e. The second kappa shape index (κ2) is 5.33. The average Bonchev–Trinajstić information content (AvgIpc) is 2.37. The molecule has 0 bridgehead atoms. The fourth-order valence-electron chi connectivity index (χ4n) is 1.37. The van der Waals surface area contributed by atoms with Gasteiger partial charge in [-0.15, -0.1) is 0 Å². The van der Waals surface area contributed by atoms with E-state index in [1.54, 1.807) is 24.3 Å². The highest BCUT2D eigenvalue weighted by atomic mass is 35.5. The van der Waals surface area contributed by atoms with Gasteiger partial charge in [-0.2, -0.15) is 0 Å². The smallest absolute Gasteiger partial charge is 0.342 e. The van der Waals surface area contributed by atoms with E-state index in [1.165, 1.54) is 13.3 Å². The van der Waals surface area contributed by atoms with Gasteiger partial charge >= 0.3 is 5.97 Å². The van der Waals surface area contributed by atoms with Gasteiger partial charge in [-0.1, -0.05) is 35.3 Å². The molecule has 0 saturated carbocycles. The summed E-state index contributed by atoms with van der Waals surface area (Å²) in [6.07, 6.45) is 1.33. The van der Waals surface area contributed by atoms with Crippen LogP contribution < -0.4 is 0 Å². The topological polar surface area (TPSA) is 52.1 Å². The molecule has 0 atom stereocenters. The molecule has 2 rings (SSSR count). The number of aromatic nitrogens is 2. The van der Waals surface area contributed by atoms with Crippen molar-refractivity contribution in [1.29, 1.82) is 0 Å². The number of carbonyl (C=O) groups excluding carboxylic acids is 1. The van der Waals surface area contributed by atoms with E-state index < -0.39 is 5.97 Å². The first-order valence-electron chi connectivity index (χ1n) is 4.98. The second-order valence-corrected chi connectivity index (χ2v) is 4.19. The predicted molar refractivity (Wildman–Crippen MR) is 68.8 cm³/mol. The molecule has 1 aromatic heterocycles. The van der Waals surface area contributed by atoms with E-state index in [1.807, 2.05) is 0 Å². The van der Waals surface area contributed by atoms with E-state index in [4.69, 9.17) is 23.2 Å². The van der Waals surface area contributed by atoms with E-state index in [0.717, 1.165) is 5.56 Å². The minimum absolute atomic E-state index is 0.0480. The van der Waals surface area contributed by atoms with Crippen LogP contribution in [-0.4, -0.2) is 23.0 Å². The van der Waals surface area contributed by atoms with Crippen LogP contribution in [0.2, 0.25) is 10.2 Å². The standard InChI is InChI=1S/C12H8Cl2N2O2/c1-18-12(17)9-6-15-11(16-10(9)14)7-3-2-4-8(13)5-7/h2-6H,1H3. The van der Waals surface area contributed by atoms with Crippen LogP contribution in [0.15, 0.2) is 30.5 Å². The van der Waals surface area contributed by atoms with Crippen molar-refractivity contribution in [2.45, 2.75) is 0 Å². The molecule has 4 nitrogen and oxygen atoms in total. The fourth-order valence-corrected chi connectivity index (χ4v) is 1.77. The molecule has 0 N–H and O–H groups in total. The molecule has 0 amide bonds. The van der Waals surface area contributed by atoms with Crippen molar-refractivity contribution in [3.8, 4) is 11.4 Å². The Balaban J connectivity index is 2.43. The summed E-state index contributed by atoms with van der Waals surface area (Å²) in [7, 11) is 1.27. The monoisotopic (exact) mass is 282 g/mol. The highest BCUT2D eigenvalue weighted by Crippen LogP contribution is 2.22.